The number of hydrogen-bond donors (Lipinski definition) is 1. The molecule has 6 atom stereocenters. The van der Waals surface area contributed by atoms with Gasteiger partial charge >= 0.3 is 0 Å². The molecule has 1 aliphatic carbocycles. The predicted molar refractivity (Wildman–Crippen MR) is 87.7 cm³/mol. The maximum Gasteiger partial charge on any atom is 0.290 e. The van der Waals surface area contributed by atoms with Crippen molar-refractivity contribution in [3.8, 4) is 5.75 Å². The number of aliphatic hydroxyl groups is 1. The van der Waals surface area contributed by atoms with E-state index in [-0.39, 0.29) is 23.5 Å². The number of ether oxygens (including phenoxy) is 1. The van der Waals surface area contributed by atoms with Crippen LogP contribution in [0.1, 0.15) is 52.0 Å². The molecule has 128 valence electrons. The Morgan fingerprint density at radius 2 is 2.13 bits per heavy atom. The van der Waals surface area contributed by atoms with Gasteiger partial charge in [-0.2, -0.15) is 4.73 Å². The van der Waals surface area contributed by atoms with Crippen molar-refractivity contribution < 1.29 is 14.7 Å². The molecule has 0 spiro atoms. The lowest BCUT2D eigenvalue weighted by Crippen LogP contribution is -2.60. The van der Waals surface area contributed by atoms with E-state index in [9.17, 15) is 9.90 Å². The van der Waals surface area contributed by atoms with Crippen LogP contribution in [0.25, 0.3) is 0 Å². The maximum atomic E-state index is 12.8. The molecule has 0 amide bonds. The molecule has 1 aliphatic heterocycles. The Morgan fingerprint density at radius 1 is 1.43 bits per heavy atom. The summed E-state index contributed by atoms with van der Waals surface area (Å²) in [4.78, 5) is 18.0. The van der Waals surface area contributed by atoms with Crippen LogP contribution in [0.3, 0.4) is 0 Å². The van der Waals surface area contributed by atoms with Crippen molar-refractivity contribution in [1.82, 2.24) is 4.73 Å². The van der Waals surface area contributed by atoms with Crippen molar-refractivity contribution in [2.75, 3.05) is 7.11 Å². The Morgan fingerprint density at radius 3 is 2.74 bits per heavy atom. The van der Waals surface area contributed by atoms with Crippen LogP contribution in [0, 0.1) is 17.3 Å². The lowest BCUT2D eigenvalue weighted by Gasteiger charge is -2.56. The highest BCUT2D eigenvalue weighted by Crippen LogP contribution is 2.58. The van der Waals surface area contributed by atoms with Gasteiger partial charge in [0.25, 0.3) is 5.56 Å². The number of rotatable bonds is 2. The number of fused-ring (bicyclic) bond motifs is 3. The minimum absolute atomic E-state index is 0.0301. The van der Waals surface area contributed by atoms with Crippen molar-refractivity contribution in [3.63, 3.8) is 0 Å². The fourth-order valence-electron chi connectivity index (χ4n) is 5.10. The highest BCUT2D eigenvalue weighted by atomic mass is 16.6. The van der Waals surface area contributed by atoms with Gasteiger partial charge in [-0.3, -0.25) is 4.79 Å². The van der Waals surface area contributed by atoms with Gasteiger partial charge in [-0.1, -0.05) is 27.7 Å². The molecule has 0 aromatic carbocycles. The van der Waals surface area contributed by atoms with Crippen LogP contribution in [0.5, 0.6) is 5.75 Å². The number of nitrogens with zero attached hydrogens (tertiary/aromatic N) is 1. The Hall–Kier alpha value is -1.49. The number of pyridine rings is 1. The maximum absolute atomic E-state index is 12.8. The summed E-state index contributed by atoms with van der Waals surface area (Å²) in [5.41, 5.74) is 0.00894. The Labute approximate surface area is 137 Å². The first-order valence-corrected chi connectivity index (χ1v) is 8.50. The molecule has 0 saturated heterocycles. The standard InChI is InChI=1S/C18H27NO4/c1-6-13-18(4)15(10(2)9-11(3)16(18)20)14-12(23-13)7-8-19(22-5)17(14)21/h7-8,10-11,13,15-16,20H,6,9H2,1-5H3/t10-,11+,13-,15-,16-,18-/m0/s1. The summed E-state index contributed by atoms with van der Waals surface area (Å²) in [7, 11) is 1.48. The van der Waals surface area contributed by atoms with Crippen LogP contribution >= 0.6 is 0 Å². The summed E-state index contributed by atoms with van der Waals surface area (Å²) in [6.45, 7) is 8.42. The Balaban J connectivity index is 2.25. The summed E-state index contributed by atoms with van der Waals surface area (Å²) >= 11 is 0. The fourth-order valence-corrected chi connectivity index (χ4v) is 5.10. The lowest BCUT2D eigenvalue weighted by molar-refractivity contribution is -0.138. The van der Waals surface area contributed by atoms with E-state index < -0.39 is 11.5 Å². The quantitative estimate of drug-likeness (QED) is 0.907. The summed E-state index contributed by atoms with van der Waals surface area (Å²) in [5.74, 6) is 1.11. The predicted octanol–water partition coefficient (Wildman–Crippen LogP) is 2.20. The van der Waals surface area contributed by atoms with Gasteiger partial charge in [0.2, 0.25) is 0 Å². The molecule has 2 aliphatic rings. The zero-order valence-electron chi connectivity index (χ0n) is 14.6. The molecule has 23 heavy (non-hydrogen) atoms. The van der Waals surface area contributed by atoms with Crippen molar-refractivity contribution in [3.05, 3.63) is 28.2 Å². The zero-order chi connectivity index (χ0) is 16.9. The van der Waals surface area contributed by atoms with Crippen LogP contribution in [0.4, 0.5) is 0 Å². The molecule has 3 rings (SSSR count). The molecule has 0 radical (unpaired) electrons. The highest BCUT2D eigenvalue weighted by Gasteiger charge is 2.58. The molecule has 1 aromatic rings. The van der Waals surface area contributed by atoms with E-state index >= 15 is 0 Å². The van der Waals surface area contributed by atoms with Gasteiger partial charge in [-0.15, -0.1) is 0 Å². The second kappa shape index (κ2) is 5.55. The summed E-state index contributed by atoms with van der Waals surface area (Å²) in [6, 6.07) is 1.81. The average molecular weight is 321 g/mol. The van der Waals surface area contributed by atoms with Gasteiger partial charge in [0.1, 0.15) is 19.0 Å². The van der Waals surface area contributed by atoms with Gasteiger partial charge in [0, 0.05) is 17.4 Å². The SMILES string of the molecule is CC[C@@H]1Oc2ccn(OC)c(=O)c2[C@@H]2[C@@H](C)C[C@@H](C)[C@H](O)[C@@]12C. The number of hydrogen-bond acceptors (Lipinski definition) is 4. The van der Waals surface area contributed by atoms with Crippen LogP contribution in [-0.4, -0.2) is 29.2 Å². The second-order valence-corrected chi connectivity index (χ2v) is 7.40. The molecule has 1 N–H and O–H groups in total. The number of aliphatic hydroxyl groups excluding tert-OH is 1. The highest BCUT2D eigenvalue weighted by molar-refractivity contribution is 5.40. The third-order valence-corrected chi connectivity index (χ3v) is 6.06. The minimum atomic E-state index is -0.489. The van der Waals surface area contributed by atoms with Gasteiger partial charge in [0.15, 0.2) is 0 Å². The zero-order valence-corrected chi connectivity index (χ0v) is 14.6. The normalized spacial score (nSPS) is 39.1. The third-order valence-electron chi connectivity index (χ3n) is 6.06. The minimum Gasteiger partial charge on any atom is -0.489 e. The van der Waals surface area contributed by atoms with E-state index in [2.05, 4.69) is 27.7 Å². The lowest BCUT2D eigenvalue weighted by atomic mass is 9.53. The van der Waals surface area contributed by atoms with E-state index in [0.717, 1.165) is 12.8 Å². The summed E-state index contributed by atoms with van der Waals surface area (Å²) < 4.78 is 7.41. The van der Waals surface area contributed by atoms with Gasteiger partial charge in [0.05, 0.1) is 17.9 Å². The average Bonchev–Trinajstić information content (AvgIpc) is 2.52. The van der Waals surface area contributed by atoms with Crippen LogP contribution in [-0.2, 0) is 0 Å². The van der Waals surface area contributed by atoms with E-state index in [0.29, 0.717) is 17.2 Å². The van der Waals surface area contributed by atoms with Crippen molar-refractivity contribution in [2.24, 2.45) is 17.3 Å². The molecule has 5 nitrogen and oxygen atoms in total. The molecule has 5 heteroatoms. The summed E-state index contributed by atoms with van der Waals surface area (Å²) in [5, 5.41) is 11.0. The molecule has 1 fully saturated rings. The van der Waals surface area contributed by atoms with Crippen molar-refractivity contribution in [2.45, 2.75) is 58.7 Å². The van der Waals surface area contributed by atoms with Crippen molar-refractivity contribution in [1.29, 1.82) is 0 Å². The van der Waals surface area contributed by atoms with Gasteiger partial charge in [-0.25, -0.2) is 0 Å². The van der Waals surface area contributed by atoms with Gasteiger partial charge in [-0.05, 0) is 24.7 Å². The van der Waals surface area contributed by atoms with Crippen LogP contribution in [0.2, 0.25) is 0 Å². The second-order valence-electron chi connectivity index (χ2n) is 7.40. The van der Waals surface area contributed by atoms with E-state index in [1.54, 1.807) is 12.3 Å². The van der Waals surface area contributed by atoms with E-state index in [4.69, 9.17) is 9.57 Å². The fraction of sp³-hybridized carbons (Fsp3) is 0.722. The molecule has 0 unspecified atom stereocenters. The molecule has 1 saturated carbocycles. The van der Waals surface area contributed by atoms with Crippen LogP contribution in [0.15, 0.2) is 17.1 Å². The van der Waals surface area contributed by atoms with E-state index in [1.807, 2.05) is 0 Å². The first-order valence-electron chi connectivity index (χ1n) is 8.50. The topological polar surface area (TPSA) is 60.7 Å². The molecular weight excluding hydrogens is 294 g/mol. The Kier molecular flexibility index (Phi) is 3.95. The first kappa shape index (κ1) is 16.4. The monoisotopic (exact) mass is 321 g/mol. The van der Waals surface area contributed by atoms with E-state index in [1.165, 1.54) is 11.8 Å². The van der Waals surface area contributed by atoms with Crippen molar-refractivity contribution >= 4 is 0 Å². The molecule has 0 bridgehead atoms. The molecular formula is C18H27NO4. The first-order chi connectivity index (χ1) is 10.9. The molecule has 1 aromatic heterocycles. The smallest absolute Gasteiger partial charge is 0.290 e. The van der Waals surface area contributed by atoms with Crippen LogP contribution < -0.4 is 15.1 Å². The third kappa shape index (κ3) is 2.12. The summed E-state index contributed by atoms with van der Waals surface area (Å²) in [6.07, 6.45) is 2.72. The molecule has 2 heterocycles. The Bertz CT molecular complexity index is 655. The van der Waals surface area contributed by atoms with Gasteiger partial charge < -0.3 is 14.7 Å². The largest absolute Gasteiger partial charge is 0.489 e. The number of aromatic nitrogens is 1.